The second-order valence-electron chi connectivity index (χ2n) is 8.13. The van der Waals surface area contributed by atoms with E-state index in [2.05, 4.69) is 10.4 Å². The quantitative estimate of drug-likeness (QED) is 0.728. The normalized spacial score (nSPS) is 21.1. The molecule has 1 saturated heterocycles. The summed E-state index contributed by atoms with van der Waals surface area (Å²) in [4.78, 5) is 12.8. The van der Waals surface area contributed by atoms with E-state index in [4.69, 9.17) is 16.3 Å². The van der Waals surface area contributed by atoms with E-state index >= 15 is 0 Å². The average molecular weight is 469 g/mol. The van der Waals surface area contributed by atoms with E-state index in [1.807, 2.05) is 41.7 Å². The molecule has 0 bridgehead atoms. The Morgan fingerprint density at radius 1 is 1.26 bits per heavy atom. The van der Waals surface area contributed by atoms with Crippen LogP contribution in [0.4, 0.5) is 0 Å². The fraction of sp³-hybridized carbons (Fsp3) is 0.524. The molecule has 10 heteroatoms. The molecule has 1 aliphatic rings. The third-order valence-electron chi connectivity index (χ3n) is 5.54. The van der Waals surface area contributed by atoms with Crippen molar-refractivity contribution in [1.29, 1.82) is 0 Å². The van der Waals surface area contributed by atoms with Crippen molar-refractivity contribution in [2.24, 2.45) is 7.05 Å². The highest BCUT2D eigenvalue weighted by Gasteiger charge is 2.34. The van der Waals surface area contributed by atoms with E-state index < -0.39 is 10.0 Å². The monoisotopic (exact) mass is 468 g/mol. The number of sulfonamides is 1. The van der Waals surface area contributed by atoms with E-state index in [1.165, 1.54) is 22.5 Å². The number of benzene rings is 1. The van der Waals surface area contributed by atoms with Crippen molar-refractivity contribution in [3.8, 4) is 0 Å². The van der Waals surface area contributed by atoms with Gasteiger partial charge in [0.15, 0.2) is 0 Å². The fourth-order valence-electron chi connectivity index (χ4n) is 4.08. The van der Waals surface area contributed by atoms with Gasteiger partial charge in [-0.05, 0) is 52.8 Å². The first-order valence-electron chi connectivity index (χ1n) is 10.2. The number of halogens is 1. The maximum absolute atomic E-state index is 13.3. The Kier molecular flexibility index (Phi) is 6.81. The van der Waals surface area contributed by atoms with E-state index in [0.29, 0.717) is 0 Å². The second-order valence-corrected chi connectivity index (χ2v) is 10.4. The predicted octanol–water partition coefficient (Wildman–Crippen LogP) is 2.98. The van der Waals surface area contributed by atoms with Crippen LogP contribution < -0.4 is 5.32 Å². The Balaban J connectivity index is 1.87. The van der Waals surface area contributed by atoms with Gasteiger partial charge in [0, 0.05) is 37.0 Å². The summed E-state index contributed by atoms with van der Waals surface area (Å²) < 4.78 is 35.3. The number of hydrogen-bond donors (Lipinski definition) is 1. The summed E-state index contributed by atoms with van der Waals surface area (Å²) in [7, 11) is -2.03. The molecule has 1 fully saturated rings. The molecular weight excluding hydrogens is 440 g/mol. The Bertz CT molecular complexity index is 1090. The molecule has 31 heavy (non-hydrogen) atoms. The number of morpholine rings is 1. The van der Waals surface area contributed by atoms with Crippen molar-refractivity contribution in [2.45, 2.75) is 57.8 Å². The van der Waals surface area contributed by atoms with Gasteiger partial charge >= 0.3 is 0 Å². The van der Waals surface area contributed by atoms with Crippen LogP contribution in [0, 0.1) is 13.8 Å². The summed E-state index contributed by atoms with van der Waals surface area (Å²) in [5, 5.41) is 7.40. The van der Waals surface area contributed by atoms with Gasteiger partial charge in [-0.25, -0.2) is 8.42 Å². The number of hydrogen-bond acceptors (Lipinski definition) is 5. The Morgan fingerprint density at radius 2 is 1.87 bits per heavy atom. The van der Waals surface area contributed by atoms with E-state index in [9.17, 15) is 13.2 Å². The van der Waals surface area contributed by atoms with Crippen molar-refractivity contribution < 1.29 is 17.9 Å². The first-order valence-corrected chi connectivity index (χ1v) is 12.0. The van der Waals surface area contributed by atoms with Gasteiger partial charge in [-0.3, -0.25) is 9.48 Å². The zero-order valence-corrected chi connectivity index (χ0v) is 20.2. The Hall–Kier alpha value is -1.94. The third-order valence-corrected chi connectivity index (χ3v) is 7.86. The van der Waals surface area contributed by atoms with Crippen LogP contribution in [0.25, 0.3) is 0 Å². The molecule has 0 spiro atoms. The molecule has 1 amide bonds. The van der Waals surface area contributed by atoms with Crippen LogP contribution in [0.1, 0.15) is 54.1 Å². The third kappa shape index (κ3) is 4.79. The van der Waals surface area contributed by atoms with Crippen LogP contribution in [0.2, 0.25) is 5.02 Å². The first-order chi connectivity index (χ1) is 14.4. The van der Waals surface area contributed by atoms with Crippen molar-refractivity contribution in [1.82, 2.24) is 19.4 Å². The molecular formula is C21H29ClN4O4S. The molecule has 3 rings (SSSR count). The van der Waals surface area contributed by atoms with Gasteiger partial charge in [0.2, 0.25) is 10.0 Å². The first kappa shape index (κ1) is 23.7. The second kappa shape index (κ2) is 8.90. The van der Waals surface area contributed by atoms with Crippen molar-refractivity contribution in [3.63, 3.8) is 0 Å². The lowest BCUT2D eigenvalue weighted by molar-refractivity contribution is -0.0440. The van der Waals surface area contributed by atoms with Gasteiger partial charge in [0.25, 0.3) is 5.91 Å². The zero-order valence-electron chi connectivity index (χ0n) is 18.6. The van der Waals surface area contributed by atoms with E-state index in [-0.39, 0.29) is 52.7 Å². The van der Waals surface area contributed by atoms with Gasteiger partial charge in [-0.1, -0.05) is 11.6 Å². The maximum Gasteiger partial charge on any atom is 0.251 e. The molecule has 1 aliphatic heterocycles. The van der Waals surface area contributed by atoms with Crippen molar-refractivity contribution in [2.75, 3.05) is 13.1 Å². The smallest absolute Gasteiger partial charge is 0.251 e. The number of nitrogens with one attached hydrogen (secondary N) is 1. The van der Waals surface area contributed by atoms with E-state index in [0.717, 1.165) is 17.0 Å². The van der Waals surface area contributed by atoms with Crippen LogP contribution in [0.5, 0.6) is 0 Å². The molecule has 2 heterocycles. The highest BCUT2D eigenvalue weighted by Crippen LogP contribution is 2.28. The molecule has 0 aliphatic carbocycles. The highest BCUT2D eigenvalue weighted by molar-refractivity contribution is 7.89. The van der Waals surface area contributed by atoms with Crippen LogP contribution in [-0.2, 0) is 21.8 Å². The van der Waals surface area contributed by atoms with Crippen molar-refractivity contribution in [3.05, 3.63) is 45.7 Å². The lowest BCUT2D eigenvalue weighted by atomic mass is 10.1. The number of aromatic nitrogens is 2. The summed E-state index contributed by atoms with van der Waals surface area (Å²) in [5.41, 5.74) is 2.96. The molecule has 1 aromatic carbocycles. The predicted molar refractivity (Wildman–Crippen MR) is 119 cm³/mol. The van der Waals surface area contributed by atoms with Gasteiger partial charge in [-0.15, -0.1) is 0 Å². The van der Waals surface area contributed by atoms with E-state index in [1.54, 1.807) is 4.68 Å². The molecule has 170 valence electrons. The molecule has 2 aromatic rings. The zero-order chi connectivity index (χ0) is 23.1. The molecule has 1 N–H and O–H groups in total. The van der Waals surface area contributed by atoms with Crippen LogP contribution in [0.15, 0.2) is 23.1 Å². The topological polar surface area (TPSA) is 93.5 Å². The summed E-state index contributed by atoms with van der Waals surface area (Å²) >= 11 is 6.24. The average Bonchev–Trinajstić information content (AvgIpc) is 2.92. The summed E-state index contributed by atoms with van der Waals surface area (Å²) in [6.07, 6.45) is -0.453. The number of nitrogens with zero attached hydrogens (tertiary/aromatic N) is 3. The molecule has 3 atom stereocenters. The lowest BCUT2D eigenvalue weighted by Crippen LogP contribution is -2.48. The lowest BCUT2D eigenvalue weighted by Gasteiger charge is -2.34. The minimum atomic E-state index is -3.88. The number of ether oxygens (including phenoxy) is 1. The minimum Gasteiger partial charge on any atom is -0.373 e. The van der Waals surface area contributed by atoms with Gasteiger partial charge in [0.1, 0.15) is 4.90 Å². The maximum atomic E-state index is 13.3. The fourth-order valence-corrected chi connectivity index (χ4v) is 6.17. The summed E-state index contributed by atoms with van der Waals surface area (Å²) in [5.74, 6) is -0.382. The van der Waals surface area contributed by atoms with Gasteiger partial charge in [-0.2, -0.15) is 9.40 Å². The SMILES string of the molecule is Cc1nn(C)c(C)c1C(C)NC(=O)c1ccc(Cl)c(S(=O)(=O)N2CC(C)OC(C)C2)c1. The van der Waals surface area contributed by atoms with Crippen molar-refractivity contribution >= 4 is 27.5 Å². The molecule has 0 saturated carbocycles. The van der Waals surface area contributed by atoms with Crippen LogP contribution >= 0.6 is 11.6 Å². The summed E-state index contributed by atoms with van der Waals surface area (Å²) in [6.45, 7) is 9.82. The molecule has 3 unspecified atom stereocenters. The number of carbonyl (C=O) groups excluding carboxylic acids is 1. The molecule has 8 nitrogen and oxygen atoms in total. The summed E-state index contributed by atoms with van der Waals surface area (Å²) in [6, 6.07) is 4.02. The standard InChI is InChI=1S/C21H29ClN4O4S/c1-12-10-26(11-13(2)30-12)31(28,29)19-9-17(7-8-18(19)22)21(27)23-14(3)20-15(4)24-25(6)16(20)5/h7-9,12-14H,10-11H2,1-6H3,(H,23,27). The van der Waals surface area contributed by atoms with Crippen LogP contribution in [-0.4, -0.2) is 53.7 Å². The number of rotatable bonds is 5. The van der Waals surface area contributed by atoms with Crippen LogP contribution in [0.3, 0.4) is 0 Å². The molecule has 0 radical (unpaired) electrons. The highest BCUT2D eigenvalue weighted by atomic mass is 35.5. The Labute approximate surface area is 188 Å². The number of aryl methyl sites for hydroxylation is 2. The number of carbonyl (C=O) groups is 1. The minimum absolute atomic E-state index is 0.0790. The Morgan fingerprint density at radius 3 is 2.42 bits per heavy atom. The van der Waals surface area contributed by atoms with Gasteiger partial charge in [0.05, 0.1) is 29.0 Å². The number of amides is 1. The van der Waals surface area contributed by atoms with Gasteiger partial charge < -0.3 is 10.1 Å². The largest absolute Gasteiger partial charge is 0.373 e. The molecule has 1 aromatic heterocycles.